The Hall–Kier alpha value is -4.57. The molecule has 10 heteroatoms. The van der Waals surface area contributed by atoms with Crippen LogP contribution in [0, 0.1) is 6.92 Å². The number of methoxy groups -OCH3 is 2. The predicted octanol–water partition coefficient (Wildman–Crippen LogP) is 5.30. The van der Waals surface area contributed by atoms with Crippen molar-refractivity contribution in [3.63, 3.8) is 0 Å². The summed E-state index contributed by atoms with van der Waals surface area (Å²) in [5.41, 5.74) is 2.35. The molecular weight excluding hydrogens is 558 g/mol. The number of carbonyl (C=O) groups is 2. The Balaban J connectivity index is 2.08. The minimum absolute atomic E-state index is 0.0393. The van der Waals surface area contributed by atoms with E-state index >= 15 is 0 Å². The highest BCUT2D eigenvalue weighted by Crippen LogP contribution is 2.35. The number of rotatable bonds is 11. The summed E-state index contributed by atoms with van der Waals surface area (Å²) < 4.78 is 51.0. The van der Waals surface area contributed by atoms with Gasteiger partial charge in [0.15, 0.2) is 11.5 Å². The van der Waals surface area contributed by atoms with Crippen LogP contribution in [-0.2, 0) is 35.5 Å². The van der Waals surface area contributed by atoms with Gasteiger partial charge in [0.1, 0.15) is 5.57 Å². The molecule has 0 atom stereocenters. The molecule has 0 saturated heterocycles. The summed E-state index contributed by atoms with van der Waals surface area (Å²) >= 11 is 0. The number of para-hydroxylation sites is 1. The van der Waals surface area contributed by atoms with Crippen LogP contribution in [0.25, 0.3) is 17.0 Å². The van der Waals surface area contributed by atoms with Crippen LogP contribution in [0.1, 0.15) is 36.2 Å². The first-order chi connectivity index (χ1) is 20.2. The maximum atomic E-state index is 14.3. The van der Waals surface area contributed by atoms with Crippen molar-refractivity contribution in [2.45, 2.75) is 32.1 Å². The van der Waals surface area contributed by atoms with Crippen LogP contribution >= 0.6 is 0 Å². The smallest absolute Gasteiger partial charge is 0.345 e. The van der Waals surface area contributed by atoms with E-state index in [0.717, 1.165) is 5.56 Å². The molecule has 0 N–H and O–H groups in total. The molecule has 3 aromatic carbocycles. The Bertz CT molecular complexity index is 1730. The van der Waals surface area contributed by atoms with E-state index in [0.29, 0.717) is 39.2 Å². The number of carbonyl (C=O) groups excluding carboxylic acids is 2. The first kappa shape index (κ1) is 30.4. The quantitative estimate of drug-likeness (QED) is 0.1000. The van der Waals surface area contributed by atoms with Crippen molar-refractivity contribution in [3.8, 4) is 11.5 Å². The highest BCUT2D eigenvalue weighted by atomic mass is 32.2. The summed E-state index contributed by atoms with van der Waals surface area (Å²) in [7, 11) is -1.10. The summed E-state index contributed by atoms with van der Waals surface area (Å²) in [6, 6.07) is 18.8. The molecule has 9 nitrogen and oxygen atoms in total. The number of hydrogen-bond acceptors (Lipinski definition) is 8. The molecule has 0 radical (unpaired) electrons. The van der Waals surface area contributed by atoms with Gasteiger partial charge in [-0.05, 0) is 62.7 Å². The Labute approximate surface area is 245 Å². The Morgan fingerprint density at radius 3 is 2.05 bits per heavy atom. The number of benzene rings is 3. The largest absolute Gasteiger partial charge is 0.493 e. The fourth-order valence-corrected chi connectivity index (χ4v) is 6.22. The molecule has 1 aromatic heterocycles. The van der Waals surface area contributed by atoms with Gasteiger partial charge in [-0.25, -0.2) is 22.0 Å². The minimum atomic E-state index is -4.14. The lowest BCUT2D eigenvalue weighted by Gasteiger charge is -2.15. The molecule has 0 bridgehead atoms. The van der Waals surface area contributed by atoms with Crippen molar-refractivity contribution in [1.82, 2.24) is 3.97 Å². The van der Waals surface area contributed by atoms with Crippen LogP contribution in [0.2, 0.25) is 0 Å². The molecule has 220 valence electrons. The molecule has 0 aliphatic rings. The highest BCUT2D eigenvalue weighted by Gasteiger charge is 2.29. The van der Waals surface area contributed by atoms with Crippen molar-refractivity contribution < 1.29 is 37.0 Å². The molecule has 0 amide bonds. The lowest BCUT2D eigenvalue weighted by molar-refractivity contribution is -0.146. The summed E-state index contributed by atoms with van der Waals surface area (Å²) in [6.45, 7) is 5.21. The van der Waals surface area contributed by atoms with Gasteiger partial charge in [-0.2, -0.15) is 0 Å². The van der Waals surface area contributed by atoms with Gasteiger partial charge < -0.3 is 18.9 Å². The second-order valence-electron chi connectivity index (χ2n) is 9.33. The average molecular weight is 592 g/mol. The van der Waals surface area contributed by atoms with Gasteiger partial charge in [0.05, 0.1) is 37.8 Å². The fraction of sp³-hybridized carbons (Fsp3) is 0.250. The first-order valence-electron chi connectivity index (χ1n) is 13.4. The third-order valence-electron chi connectivity index (χ3n) is 6.63. The van der Waals surface area contributed by atoms with Gasteiger partial charge in [0, 0.05) is 23.1 Å². The van der Waals surface area contributed by atoms with Crippen molar-refractivity contribution in [2.24, 2.45) is 0 Å². The SMILES string of the molecule is CCOC(=O)C(=Cc1c(Cc2ccc(OC)c(OC)c2)n(S(=O)(=O)c2ccc(C)cc2)c2ccccc12)C(=O)OCC. The average Bonchev–Trinajstić information content (AvgIpc) is 3.29. The topological polar surface area (TPSA) is 110 Å². The predicted molar refractivity (Wildman–Crippen MR) is 159 cm³/mol. The van der Waals surface area contributed by atoms with E-state index < -0.39 is 22.0 Å². The summed E-state index contributed by atoms with van der Waals surface area (Å²) in [5.74, 6) is -0.756. The summed E-state index contributed by atoms with van der Waals surface area (Å²) in [6.07, 6.45) is 1.46. The highest BCUT2D eigenvalue weighted by molar-refractivity contribution is 7.90. The van der Waals surface area contributed by atoms with Gasteiger partial charge >= 0.3 is 11.9 Å². The first-order valence-corrected chi connectivity index (χ1v) is 14.8. The van der Waals surface area contributed by atoms with Crippen LogP contribution in [-0.4, -0.2) is 51.8 Å². The number of hydrogen-bond donors (Lipinski definition) is 0. The Morgan fingerprint density at radius 2 is 1.45 bits per heavy atom. The molecule has 0 saturated carbocycles. The zero-order valence-electron chi connectivity index (χ0n) is 24.2. The lowest BCUT2D eigenvalue weighted by atomic mass is 10.0. The number of aryl methyl sites for hydroxylation is 1. The molecule has 42 heavy (non-hydrogen) atoms. The summed E-state index contributed by atoms with van der Waals surface area (Å²) in [5, 5.41) is 0.523. The van der Waals surface area contributed by atoms with E-state index in [2.05, 4.69) is 0 Å². The molecule has 0 unspecified atom stereocenters. The normalized spacial score (nSPS) is 11.2. The monoisotopic (exact) mass is 591 g/mol. The number of nitrogens with zero attached hydrogens (tertiary/aromatic N) is 1. The van der Waals surface area contributed by atoms with Gasteiger partial charge in [0.2, 0.25) is 0 Å². The third kappa shape index (κ3) is 6.03. The minimum Gasteiger partial charge on any atom is -0.493 e. The van der Waals surface area contributed by atoms with E-state index in [1.54, 1.807) is 80.6 Å². The van der Waals surface area contributed by atoms with Crippen LogP contribution in [0.15, 0.2) is 77.2 Å². The molecule has 0 fully saturated rings. The van der Waals surface area contributed by atoms with E-state index in [-0.39, 0.29) is 30.1 Å². The zero-order valence-corrected chi connectivity index (χ0v) is 25.0. The molecule has 1 heterocycles. The molecule has 4 aromatic rings. The van der Waals surface area contributed by atoms with Crippen LogP contribution in [0.4, 0.5) is 0 Å². The van der Waals surface area contributed by atoms with Gasteiger partial charge in [0.25, 0.3) is 10.0 Å². The maximum Gasteiger partial charge on any atom is 0.345 e. The summed E-state index contributed by atoms with van der Waals surface area (Å²) in [4.78, 5) is 26.0. The lowest BCUT2D eigenvalue weighted by Crippen LogP contribution is -2.19. The van der Waals surface area contributed by atoms with Crippen LogP contribution in [0.3, 0.4) is 0 Å². The number of fused-ring (bicyclic) bond motifs is 1. The zero-order chi connectivity index (χ0) is 30.4. The molecular formula is C32H33NO8S. The second kappa shape index (κ2) is 12.9. The van der Waals surface area contributed by atoms with Crippen molar-refractivity contribution >= 4 is 38.9 Å². The van der Waals surface area contributed by atoms with Gasteiger partial charge in [-0.1, -0.05) is 42.0 Å². The fourth-order valence-electron chi connectivity index (χ4n) is 4.65. The molecule has 4 rings (SSSR count). The van der Waals surface area contributed by atoms with E-state index in [4.69, 9.17) is 18.9 Å². The van der Waals surface area contributed by atoms with Crippen molar-refractivity contribution in [2.75, 3.05) is 27.4 Å². The number of ether oxygens (including phenoxy) is 4. The van der Waals surface area contributed by atoms with Crippen molar-refractivity contribution in [3.05, 3.63) is 94.7 Å². The third-order valence-corrected chi connectivity index (χ3v) is 8.39. The number of aromatic nitrogens is 1. The van der Waals surface area contributed by atoms with Gasteiger partial charge in [-0.3, -0.25) is 0 Å². The van der Waals surface area contributed by atoms with Crippen molar-refractivity contribution in [1.29, 1.82) is 0 Å². The Morgan fingerprint density at radius 1 is 0.833 bits per heavy atom. The molecule has 0 aliphatic carbocycles. The van der Waals surface area contributed by atoms with Crippen LogP contribution in [0.5, 0.6) is 11.5 Å². The van der Waals surface area contributed by atoms with E-state index in [9.17, 15) is 18.0 Å². The second-order valence-corrected chi connectivity index (χ2v) is 11.1. The maximum absolute atomic E-state index is 14.3. The van der Waals surface area contributed by atoms with E-state index in [1.807, 2.05) is 6.92 Å². The van der Waals surface area contributed by atoms with Crippen LogP contribution < -0.4 is 9.47 Å². The Kier molecular flexibility index (Phi) is 9.37. The van der Waals surface area contributed by atoms with E-state index in [1.165, 1.54) is 24.3 Å². The molecule has 0 spiro atoms. The standard InChI is InChI=1S/C32H33NO8S/c1-6-40-31(34)26(32(35)41-7-2)20-25-24-10-8-9-11-27(24)33(42(36,37)23-15-12-21(3)13-16-23)28(25)18-22-14-17-29(38-4)30(19-22)39-5/h8-17,19-20H,6-7,18H2,1-5H3. The van der Waals surface area contributed by atoms with Gasteiger partial charge in [-0.15, -0.1) is 0 Å². The molecule has 0 aliphatic heterocycles. The number of esters is 2.